The van der Waals surface area contributed by atoms with Crippen LogP contribution < -0.4 is 10.2 Å². The molecule has 3 rings (SSSR count). The smallest absolute Gasteiger partial charge is 0.307 e. The zero-order valence-electron chi connectivity index (χ0n) is 13.0. The van der Waals surface area contributed by atoms with Crippen LogP contribution in [-0.2, 0) is 17.9 Å². The Kier molecular flexibility index (Phi) is 4.80. The molecule has 3 heterocycles. The summed E-state index contributed by atoms with van der Waals surface area (Å²) in [5.74, 6) is 0.501. The van der Waals surface area contributed by atoms with E-state index in [4.69, 9.17) is 0 Å². The number of carbonyl (C=O) groups is 1. The number of nitrogens with one attached hydrogen (secondary N) is 1. The largest absolute Gasteiger partial charge is 0.352 e. The van der Waals surface area contributed by atoms with Crippen LogP contribution >= 0.6 is 11.3 Å². The van der Waals surface area contributed by atoms with Gasteiger partial charge in [0.15, 0.2) is 5.82 Å². The van der Waals surface area contributed by atoms with E-state index in [0.717, 1.165) is 22.6 Å². The Morgan fingerprint density at radius 3 is 3.00 bits per heavy atom. The highest BCUT2D eigenvalue weighted by molar-refractivity contribution is 7.07. The molecule has 0 aliphatic heterocycles. The normalized spacial score (nSPS) is 10.7. The topological polar surface area (TPSA) is 94.7 Å². The first-order valence-corrected chi connectivity index (χ1v) is 8.23. The molecule has 0 aliphatic carbocycles. The van der Waals surface area contributed by atoms with Gasteiger partial charge in [-0.3, -0.25) is 9.59 Å². The van der Waals surface area contributed by atoms with E-state index in [0.29, 0.717) is 18.9 Å². The molecule has 0 saturated carbocycles. The highest BCUT2D eigenvalue weighted by Gasteiger charge is 2.09. The minimum Gasteiger partial charge on any atom is -0.352 e. The van der Waals surface area contributed by atoms with Gasteiger partial charge in [-0.2, -0.15) is 5.10 Å². The average Bonchev–Trinajstić information content (AvgIpc) is 3.22. The molecule has 0 aliphatic rings. The maximum atomic E-state index is 12.1. The monoisotopic (exact) mass is 344 g/mol. The van der Waals surface area contributed by atoms with Gasteiger partial charge in [0.05, 0.1) is 0 Å². The summed E-state index contributed by atoms with van der Waals surface area (Å²) in [6, 6.07) is 3.67. The highest BCUT2D eigenvalue weighted by atomic mass is 32.1. The van der Waals surface area contributed by atoms with Crippen molar-refractivity contribution in [1.29, 1.82) is 0 Å². The summed E-state index contributed by atoms with van der Waals surface area (Å²) < 4.78 is 3.16. The standard InChI is InChI=1S/C15H16N6O2S/c1-11-8-24-15(23)20(11)6-4-13(22)18-7-12-3-2-5-17-14(12)21-10-16-9-19-21/h2-3,5,8-10H,4,6-7H2,1H3,(H,18,22). The Balaban J connectivity index is 1.60. The lowest BCUT2D eigenvalue weighted by Gasteiger charge is -2.10. The number of aryl methyl sites for hydroxylation is 1. The number of hydrogen-bond acceptors (Lipinski definition) is 6. The van der Waals surface area contributed by atoms with Gasteiger partial charge in [-0.1, -0.05) is 17.4 Å². The fourth-order valence-electron chi connectivity index (χ4n) is 2.26. The Bertz CT molecular complexity index is 884. The highest BCUT2D eigenvalue weighted by Crippen LogP contribution is 2.09. The van der Waals surface area contributed by atoms with Crippen molar-refractivity contribution in [2.45, 2.75) is 26.4 Å². The molecule has 0 bridgehead atoms. The van der Waals surface area contributed by atoms with E-state index in [1.165, 1.54) is 6.33 Å². The molecule has 0 atom stereocenters. The molecule has 0 unspecified atom stereocenters. The van der Waals surface area contributed by atoms with Crippen LogP contribution in [0, 0.1) is 6.92 Å². The second kappa shape index (κ2) is 7.18. The van der Waals surface area contributed by atoms with E-state index in [1.807, 2.05) is 13.0 Å². The van der Waals surface area contributed by atoms with Crippen molar-refractivity contribution in [3.05, 3.63) is 57.3 Å². The first-order chi connectivity index (χ1) is 11.6. The molecule has 24 heavy (non-hydrogen) atoms. The van der Waals surface area contributed by atoms with Gasteiger partial charge in [0.2, 0.25) is 5.91 Å². The predicted molar refractivity (Wildman–Crippen MR) is 88.9 cm³/mol. The molecule has 1 amide bonds. The number of pyridine rings is 1. The molecule has 0 aromatic carbocycles. The van der Waals surface area contributed by atoms with Crippen molar-refractivity contribution in [3.8, 4) is 5.82 Å². The lowest BCUT2D eigenvalue weighted by atomic mass is 10.2. The lowest BCUT2D eigenvalue weighted by Crippen LogP contribution is -2.26. The van der Waals surface area contributed by atoms with Crippen LogP contribution in [0.1, 0.15) is 17.7 Å². The van der Waals surface area contributed by atoms with Crippen LogP contribution in [0.3, 0.4) is 0 Å². The number of rotatable bonds is 6. The minimum absolute atomic E-state index is 0.0407. The SMILES string of the molecule is Cc1csc(=O)n1CCC(=O)NCc1cccnc1-n1cncn1. The predicted octanol–water partition coefficient (Wildman–Crippen LogP) is 0.900. The van der Waals surface area contributed by atoms with Gasteiger partial charge in [-0.15, -0.1) is 0 Å². The number of hydrogen-bond donors (Lipinski definition) is 1. The van der Waals surface area contributed by atoms with Gasteiger partial charge in [-0.25, -0.2) is 14.6 Å². The molecule has 0 saturated heterocycles. The Hall–Kier alpha value is -2.81. The maximum absolute atomic E-state index is 12.1. The van der Waals surface area contributed by atoms with Gasteiger partial charge >= 0.3 is 4.87 Å². The van der Waals surface area contributed by atoms with Gasteiger partial charge in [0.25, 0.3) is 0 Å². The summed E-state index contributed by atoms with van der Waals surface area (Å²) in [5.41, 5.74) is 1.71. The molecule has 9 heteroatoms. The molecule has 0 radical (unpaired) electrons. The fraction of sp³-hybridized carbons (Fsp3) is 0.267. The lowest BCUT2D eigenvalue weighted by molar-refractivity contribution is -0.121. The summed E-state index contributed by atoms with van der Waals surface area (Å²) in [6.45, 7) is 2.57. The van der Waals surface area contributed by atoms with E-state index in [-0.39, 0.29) is 17.2 Å². The third kappa shape index (κ3) is 3.57. The Morgan fingerprint density at radius 1 is 1.42 bits per heavy atom. The quantitative estimate of drug-likeness (QED) is 0.717. The van der Waals surface area contributed by atoms with E-state index in [9.17, 15) is 9.59 Å². The minimum atomic E-state index is -0.124. The first kappa shape index (κ1) is 16.1. The molecular weight excluding hydrogens is 328 g/mol. The van der Waals surface area contributed by atoms with Gasteiger partial charge in [0, 0.05) is 42.3 Å². The van der Waals surface area contributed by atoms with Gasteiger partial charge in [0.1, 0.15) is 12.7 Å². The Morgan fingerprint density at radius 2 is 2.29 bits per heavy atom. The van der Waals surface area contributed by atoms with E-state index >= 15 is 0 Å². The van der Waals surface area contributed by atoms with E-state index in [2.05, 4.69) is 20.4 Å². The van der Waals surface area contributed by atoms with Gasteiger partial charge < -0.3 is 9.88 Å². The molecule has 0 fully saturated rings. The zero-order chi connectivity index (χ0) is 16.9. The van der Waals surface area contributed by atoms with Crippen molar-refractivity contribution in [2.24, 2.45) is 0 Å². The Labute approximate surface area is 141 Å². The zero-order valence-corrected chi connectivity index (χ0v) is 13.9. The summed E-state index contributed by atoms with van der Waals surface area (Å²) in [5, 5.41) is 8.70. The van der Waals surface area contributed by atoms with Crippen molar-refractivity contribution in [2.75, 3.05) is 0 Å². The molecule has 3 aromatic heterocycles. The van der Waals surface area contributed by atoms with Crippen molar-refractivity contribution < 1.29 is 4.79 Å². The summed E-state index contributed by atoms with van der Waals surface area (Å²) in [4.78, 5) is 31.8. The average molecular weight is 344 g/mol. The van der Waals surface area contributed by atoms with Crippen LogP contribution in [-0.4, -0.2) is 30.2 Å². The summed E-state index contributed by atoms with van der Waals surface area (Å²) in [6.07, 6.45) is 4.89. The number of amides is 1. The number of carbonyl (C=O) groups excluding carboxylic acids is 1. The number of aromatic nitrogens is 5. The van der Waals surface area contributed by atoms with Crippen molar-refractivity contribution in [3.63, 3.8) is 0 Å². The van der Waals surface area contributed by atoms with Crippen LogP contribution in [0.5, 0.6) is 0 Å². The van der Waals surface area contributed by atoms with Crippen LogP contribution in [0.15, 0.2) is 41.2 Å². The van der Waals surface area contributed by atoms with Crippen LogP contribution in [0.25, 0.3) is 5.82 Å². The van der Waals surface area contributed by atoms with Gasteiger partial charge in [-0.05, 0) is 13.0 Å². The number of thiazole rings is 1. The second-order valence-corrected chi connectivity index (χ2v) is 5.97. The van der Waals surface area contributed by atoms with E-state index < -0.39 is 0 Å². The third-order valence-corrected chi connectivity index (χ3v) is 4.40. The van der Waals surface area contributed by atoms with E-state index in [1.54, 1.807) is 33.2 Å². The summed E-state index contributed by atoms with van der Waals surface area (Å²) in [7, 11) is 0. The maximum Gasteiger partial charge on any atom is 0.307 e. The summed E-state index contributed by atoms with van der Waals surface area (Å²) >= 11 is 1.15. The fourth-order valence-corrected chi connectivity index (χ4v) is 3.02. The van der Waals surface area contributed by atoms with Crippen molar-refractivity contribution >= 4 is 17.2 Å². The van der Waals surface area contributed by atoms with Crippen molar-refractivity contribution in [1.82, 2.24) is 29.6 Å². The molecule has 1 N–H and O–H groups in total. The molecule has 3 aromatic rings. The number of nitrogens with zero attached hydrogens (tertiary/aromatic N) is 5. The molecule has 0 spiro atoms. The van der Waals surface area contributed by atoms with Crippen LogP contribution in [0.4, 0.5) is 0 Å². The molecular formula is C15H16N6O2S. The molecule has 8 nitrogen and oxygen atoms in total. The second-order valence-electron chi connectivity index (χ2n) is 5.15. The van der Waals surface area contributed by atoms with Crippen LogP contribution in [0.2, 0.25) is 0 Å². The molecule has 124 valence electrons. The first-order valence-electron chi connectivity index (χ1n) is 7.35. The third-order valence-electron chi connectivity index (χ3n) is 3.52.